The summed E-state index contributed by atoms with van der Waals surface area (Å²) in [5, 5.41) is 11.5. The van der Waals surface area contributed by atoms with Crippen LogP contribution in [0.3, 0.4) is 0 Å². The molecule has 0 unspecified atom stereocenters. The molecule has 0 radical (unpaired) electrons. The van der Waals surface area contributed by atoms with Crippen molar-refractivity contribution >= 4 is 23.4 Å². The number of rotatable bonds is 5. The number of hydrogen-bond donors (Lipinski definition) is 1. The number of nitrogens with one attached hydrogen (secondary N) is 1. The minimum Gasteiger partial charge on any atom is -0.411 e. The number of nitrogens with zero attached hydrogens (tertiary/aromatic N) is 2. The van der Waals surface area contributed by atoms with E-state index in [4.69, 9.17) is 4.42 Å². The lowest BCUT2D eigenvalue weighted by Crippen LogP contribution is -2.15. The number of aromatic nitrogens is 2. The summed E-state index contributed by atoms with van der Waals surface area (Å²) in [6, 6.07) is 11.9. The Morgan fingerprint density at radius 2 is 1.73 bits per heavy atom. The largest absolute Gasteiger partial charge is 0.411 e. The van der Waals surface area contributed by atoms with Crippen molar-refractivity contribution < 1.29 is 9.21 Å². The molecule has 0 spiro atoms. The van der Waals surface area contributed by atoms with Gasteiger partial charge in [-0.25, -0.2) is 0 Å². The molecular formula is C20H21N3O2S. The molecule has 1 heterocycles. The smallest absolute Gasteiger partial charge is 0.277 e. The maximum absolute atomic E-state index is 12.3. The van der Waals surface area contributed by atoms with Crippen molar-refractivity contribution in [1.29, 1.82) is 0 Å². The van der Waals surface area contributed by atoms with Gasteiger partial charge in [-0.3, -0.25) is 4.79 Å². The first-order chi connectivity index (χ1) is 12.4. The summed E-state index contributed by atoms with van der Waals surface area (Å²) in [6.07, 6.45) is 0. The summed E-state index contributed by atoms with van der Waals surface area (Å²) in [4.78, 5) is 12.3. The Morgan fingerprint density at radius 3 is 2.42 bits per heavy atom. The molecule has 1 aromatic heterocycles. The van der Waals surface area contributed by atoms with Gasteiger partial charge < -0.3 is 9.73 Å². The number of carbonyl (C=O) groups is 1. The molecule has 0 bridgehead atoms. The van der Waals surface area contributed by atoms with Gasteiger partial charge in [0.2, 0.25) is 11.8 Å². The third-order valence-corrected chi connectivity index (χ3v) is 4.87. The topological polar surface area (TPSA) is 68.0 Å². The minimum atomic E-state index is -0.0966. The molecule has 134 valence electrons. The number of benzene rings is 2. The van der Waals surface area contributed by atoms with Gasteiger partial charge in [0.25, 0.3) is 5.22 Å². The lowest BCUT2D eigenvalue weighted by Gasteiger charge is -2.12. The Morgan fingerprint density at radius 1 is 1.04 bits per heavy atom. The second-order valence-corrected chi connectivity index (χ2v) is 7.23. The first-order valence-corrected chi connectivity index (χ1v) is 9.32. The van der Waals surface area contributed by atoms with Gasteiger partial charge in [0.1, 0.15) is 0 Å². The predicted octanol–water partition coefficient (Wildman–Crippen LogP) is 4.70. The second kappa shape index (κ2) is 7.74. The summed E-state index contributed by atoms with van der Waals surface area (Å²) < 4.78 is 5.68. The van der Waals surface area contributed by atoms with Gasteiger partial charge >= 0.3 is 0 Å². The van der Waals surface area contributed by atoms with Crippen molar-refractivity contribution in [3.05, 3.63) is 58.7 Å². The normalized spacial score (nSPS) is 10.8. The van der Waals surface area contributed by atoms with E-state index in [-0.39, 0.29) is 11.7 Å². The summed E-state index contributed by atoms with van der Waals surface area (Å²) in [5.41, 5.74) is 6.13. The van der Waals surface area contributed by atoms with Gasteiger partial charge in [0.15, 0.2) is 0 Å². The highest BCUT2D eigenvalue weighted by Crippen LogP contribution is 2.26. The Balaban J connectivity index is 1.63. The van der Waals surface area contributed by atoms with Crippen LogP contribution in [0.4, 0.5) is 5.69 Å². The molecule has 3 rings (SSSR count). The van der Waals surface area contributed by atoms with Crippen LogP contribution in [0, 0.1) is 27.7 Å². The van der Waals surface area contributed by atoms with Crippen molar-refractivity contribution in [2.24, 2.45) is 0 Å². The van der Waals surface area contributed by atoms with Crippen LogP contribution in [-0.2, 0) is 4.79 Å². The highest BCUT2D eigenvalue weighted by molar-refractivity contribution is 7.99. The maximum atomic E-state index is 12.3. The number of aryl methyl sites for hydroxylation is 4. The standard InChI is InChI=1S/C20H21N3O2S/c1-12-9-14(3)18(15(4)10-12)21-17(24)11-26-20-23-22-19(25-20)16-8-6-5-7-13(16)2/h5-10H,11H2,1-4H3,(H,21,24). The number of amides is 1. The molecule has 0 atom stereocenters. The third-order valence-electron chi connectivity index (χ3n) is 4.05. The average Bonchev–Trinajstić information content (AvgIpc) is 3.05. The van der Waals surface area contributed by atoms with Crippen molar-refractivity contribution in [3.8, 4) is 11.5 Å². The molecule has 26 heavy (non-hydrogen) atoms. The van der Waals surface area contributed by atoms with Crippen LogP contribution in [0.15, 0.2) is 46.0 Å². The van der Waals surface area contributed by atoms with Gasteiger partial charge in [0.05, 0.1) is 5.75 Å². The van der Waals surface area contributed by atoms with Crippen molar-refractivity contribution in [2.45, 2.75) is 32.9 Å². The Labute approximate surface area is 157 Å². The highest BCUT2D eigenvalue weighted by Gasteiger charge is 2.14. The van der Waals surface area contributed by atoms with Crippen molar-refractivity contribution in [2.75, 3.05) is 11.1 Å². The SMILES string of the molecule is Cc1cc(C)c(NC(=O)CSc2nnc(-c3ccccc3C)o2)c(C)c1. The number of hydrogen-bond acceptors (Lipinski definition) is 5. The van der Waals surface area contributed by atoms with E-state index in [9.17, 15) is 4.79 Å². The van der Waals surface area contributed by atoms with Crippen LogP contribution in [-0.4, -0.2) is 21.9 Å². The number of thioether (sulfide) groups is 1. The van der Waals surface area contributed by atoms with Crippen molar-refractivity contribution in [1.82, 2.24) is 10.2 Å². The van der Waals surface area contributed by atoms with Gasteiger partial charge in [-0.15, -0.1) is 10.2 Å². The molecule has 1 amide bonds. The zero-order chi connectivity index (χ0) is 18.7. The fourth-order valence-corrected chi connectivity index (χ4v) is 3.43. The van der Waals surface area contributed by atoms with Crippen LogP contribution in [0.5, 0.6) is 0 Å². The predicted molar refractivity (Wildman–Crippen MR) is 104 cm³/mol. The molecule has 0 aliphatic rings. The second-order valence-electron chi connectivity index (χ2n) is 6.30. The first-order valence-electron chi connectivity index (χ1n) is 8.34. The molecule has 0 fully saturated rings. The van der Waals surface area contributed by atoms with Crippen LogP contribution in [0.2, 0.25) is 0 Å². The quantitative estimate of drug-likeness (QED) is 0.662. The van der Waals surface area contributed by atoms with E-state index < -0.39 is 0 Å². The summed E-state index contributed by atoms with van der Waals surface area (Å²) in [6.45, 7) is 8.03. The zero-order valence-corrected chi connectivity index (χ0v) is 16.1. The Kier molecular flexibility index (Phi) is 5.42. The first kappa shape index (κ1) is 18.2. The minimum absolute atomic E-state index is 0.0966. The van der Waals surface area contributed by atoms with Crippen LogP contribution in [0.1, 0.15) is 22.3 Å². The van der Waals surface area contributed by atoms with Crippen LogP contribution >= 0.6 is 11.8 Å². The van der Waals surface area contributed by atoms with Crippen LogP contribution < -0.4 is 5.32 Å². The molecule has 0 aliphatic heterocycles. The number of carbonyl (C=O) groups excluding carboxylic acids is 1. The molecular weight excluding hydrogens is 346 g/mol. The maximum Gasteiger partial charge on any atom is 0.277 e. The van der Waals surface area contributed by atoms with E-state index in [0.29, 0.717) is 11.1 Å². The van der Waals surface area contributed by atoms with Crippen LogP contribution in [0.25, 0.3) is 11.5 Å². The third kappa shape index (κ3) is 4.14. The van der Waals surface area contributed by atoms with E-state index in [1.165, 1.54) is 17.3 Å². The van der Waals surface area contributed by atoms with E-state index >= 15 is 0 Å². The highest BCUT2D eigenvalue weighted by atomic mass is 32.2. The molecule has 3 aromatic rings. The van der Waals surface area contributed by atoms with Crippen molar-refractivity contribution in [3.63, 3.8) is 0 Å². The lowest BCUT2D eigenvalue weighted by atomic mass is 10.1. The molecule has 0 saturated carbocycles. The van der Waals surface area contributed by atoms with Gasteiger partial charge in [0, 0.05) is 11.3 Å². The fraction of sp³-hybridized carbons (Fsp3) is 0.250. The molecule has 2 aromatic carbocycles. The van der Waals surface area contributed by atoms with Gasteiger partial charge in [-0.05, 0) is 50.5 Å². The summed E-state index contributed by atoms with van der Waals surface area (Å²) in [7, 11) is 0. The van der Waals surface area contributed by atoms with E-state index in [2.05, 4.69) is 27.6 Å². The summed E-state index contributed by atoms with van der Waals surface area (Å²) >= 11 is 1.23. The lowest BCUT2D eigenvalue weighted by molar-refractivity contribution is -0.113. The Hall–Kier alpha value is -2.60. The Bertz CT molecular complexity index is 927. The number of anilines is 1. The van der Waals surface area contributed by atoms with E-state index in [0.717, 1.165) is 27.9 Å². The zero-order valence-electron chi connectivity index (χ0n) is 15.3. The van der Waals surface area contributed by atoms with Gasteiger partial charge in [-0.1, -0.05) is 47.7 Å². The monoisotopic (exact) mass is 367 g/mol. The molecule has 0 aliphatic carbocycles. The fourth-order valence-electron chi connectivity index (χ4n) is 2.87. The van der Waals surface area contributed by atoms with E-state index in [1.54, 1.807) is 0 Å². The molecule has 0 saturated heterocycles. The van der Waals surface area contributed by atoms with Gasteiger partial charge in [-0.2, -0.15) is 0 Å². The van der Waals surface area contributed by atoms with E-state index in [1.807, 2.05) is 52.0 Å². The average molecular weight is 367 g/mol. The molecule has 1 N–H and O–H groups in total. The molecule has 6 heteroatoms. The molecule has 5 nitrogen and oxygen atoms in total. The summed E-state index contributed by atoms with van der Waals surface area (Å²) in [5.74, 6) is 0.583.